The molecule has 11 nitrogen and oxygen atoms in total. The van der Waals surface area contributed by atoms with E-state index in [1.165, 1.54) is 0 Å². The van der Waals surface area contributed by atoms with E-state index in [1.807, 2.05) is 0 Å². The molecule has 0 aliphatic carbocycles. The van der Waals surface area contributed by atoms with E-state index in [9.17, 15) is 39.8 Å². The molecular weight excluding hydrogens is 361 g/mol. The maximum atomic E-state index is 14.0. The molecular formula is C14H24FNO10. The molecule has 0 bridgehead atoms. The van der Waals surface area contributed by atoms with Gasteiger partial charge in [-0.3, -0.25) is 4.79 Å². The summed E-state index contributed by atoms with van der Waals surface area (Å²) < 4.78 is 29.4. The largest absolute Gasteiger partial charge is 0.394 e. The lowest BCUT2D eigenvalue weighted by Gasteiger charge is -2.45. The third-order valence-electron chi connectivity index (χ3n) is 4.35. The van der Waals surface area contributed by atoms with E-state index in [1.54, 1.807) is 0 Å². The van der Waals surface area contributed by atoms with Crippen LogP contribution in [0.25, 0.3) is 0 Å². The summed E-state index contributed by atoms with van der Waals surface area (Å²) in [6.07, 6.45) is -14.6. The first-order valence-corrected chi connectivity index (χ1v) is 8.02. The number of ether oxygens (including phenoxy) is 3. The van der Waals surface area contributed by atoms with Crippen LogP contribution in [0.3, 0.4) is 0 Å². The standard InChI is InChI=1S/C14H24FNO10/c1-4(19)16-7-9(21)12(6(3-18)24-13(7)15)26-14-11(23)10(22)8(20)5(2-17)25-14/h5-14,17-18,20-23H,2-3H2,1H3,(H,16,19)/t5?,6?,7?,8-,9+,10-,11?,12+,13+,14-/m0/s1. The van der Waals surface area contributed by atoms with Gasteiger partial charge in [0.1, 0.15) is 48.8 Å². The van der Waals surface area contributed by atoms with Gasteiger partial charge in [-0.2, -0.15) is 0 Å². The Morgan fingerprint density at radius 3 is 2.15 bits per heavy atom. The number of carbonyl (C=O) groups is 1. The third kappa shape index (κ3) is 4.30. The van der Waals surface area contributed by atoms with E-state index >= 15 is 0 Å². The van der Waals surface area contributed by atoms with Crippen LogP contribution in [0.2, 0.25) is 0 Å². The molecule has 0 saturated carbocycles. The Hall–Kier alpha value is -0.960. The van der Waals surface area contributed by atoms with E-state index in [4.69, 9.17) is 14.2 Å². The van der Waals surface area contributed by atoms with Crippen molar-refractivity contribution in [2.45, 2.75) is 68.3 Å². The van der Waals surface area contributed by atoms with Crippen molar-refractivity contribution in [3.05, 3.63) is 0 Å². The molecule has 2 aliphatic rings. The number of hydrogen-bond acceptors (Lipinski definition) is 10. The highest BCUT2D eigenvalue weighted by Gasteiger charge is 2.51. The first-order valence-electron chi connectivity index (χ1n) is 8.02. The van der Waals surface area contributed by atoms with Crippen LogP contribution in [0.15, 0.2) is 0 Å². The average Bonchev–Trinajstić information content (AvgIpc) is 2.60. The monoisotopic (exact) mass is 385 g/mol. The van der Waals surface area contributed by atoms with Gasteiger partial charge in [0, 0.05) is 6.92 Å². The number of hydrogen-bond donors (Lipinski definition) is 7. The van der Waals surface area contributed by atoms with Gasteiger partial charge in [-0.1, -0.05) is 0 Å². The van der Waals surface area contributed by atoms with E-state index in [2.05, 4.69) is 5.32 Å². The Labute approximate surface area is 147 Å². The summed E-state index contributed by atoms with van der Waals surface area (Å²) in [5.74, 6) is -0.644. The number of carbonyl (C=O) groups excluding carboxylic acids is 1. The Morgan fingerprint density at radius 1 is 1.00 bits per heavy atom. The van der Waals surface area contributed by atoms with Crippen molar-refractivity contribution in [2.24, 2.45) is 0 Å². The average molecular weight is 385 g/mol. The molecule has 4 unspecified atom stereocenters. The first kappa shape index (κ1) is 21.3. The maximum absolute atomic E-state index is 14.0. The summed E-state index contributed by atoms with van der Waals surface area (Å²) in [7, 11) is 0. The summed E-state index contributed by atoms with van der Waals surface area (Å²) in [5.41, 5.74) is 0. The molecule has 26 heavy (non-hydrogen) atoms. The van der Waals surface area contributed by atoms with Crippen LogP contribution in [0.5, 0.6) is 0 Å². The van der Waals surface area contributed by atoms with Gasteiger partial charge < -0.3 is 50.2 Å². The zero-order chi connectivity index (χ0) is 19.6. The lowest BCUT2D eigenvalue weighted by molar-refractivity contribution is -0.341. The second kappa shape index (κ2) is 8.82. The lowest BCUT2D eigenvalue weighted by Crippen LogP contribution is -2.66. The van der Waals surface area contributed by atoms with Gasteiger partial charge in [0.2, 0.25) is 12.3 Å². The van der Waals surface area contributed by atoms with Crippen molar-refractivity contribution in [3.63, 3.8) is 0 Å². The highest BCUT2D eigenvalue weighted by Crippen LogP contribution is 2.29. The molecule has 10 atom stereocenters. The number of aliphatic hydroxyl groups is 6. The molecule has 2 fully saturated rings. The highest BCUT2D eigenvalue weighted by molar-refractivity contribution is 5.73. The van der Waals surface area contributed by atoms with E-state index < -0.39 is 80.5 Å². The van der Waals surface area contributed by atoms with Gasteiger partial charge in [0.25, 0.3) is 0 Å². The van der Waals surface area contributed by atoms with Crippen LogP contribution >= 0.6 is 0 Å². The van der Waals surface area contributed by atoms with E-state index in [0.717, 1.165) is 6.92 Å². The summed E-state index contributed by atoms with van der Waals surface area (Å²) in [6, 6.07) is -1.51. The molecule has 0 spiro atoms. The summed E-state index contributed by atoms with van der Waals surface area (Å²) in [5, 5.41) is 60.5. The minimum Gasteiger partial charge on any atom is -0.394 e. The Kier molecular flexibility index (Phi) is 7.24. The van der Waals surface area contributed by atoms with E-state index in [-0.39, 0.29) is 0 Å². The second-order valence-electron chi connectivity index (χ2n) is 6.22. The summed E-state index contributed by atoms with van der Waals surface area (Å²) in [4.78, 5) is 11.2. The number of halogens is 1. The SMILES string of the molecule is CC(=O)NC1[C@H](F)OC(CO)[C@@H](O[C@@H]2OC(CO)[C@H](O)[C@H](O)C2O)[C@@H]1O. The van der Waals surface area contributed by atoms with Crippen molar-refractivity contribution in [2.75, 3.05) is 13.2 Å². The van der Waals surface area contributed by atoms with Gasteiger partial charge in [0.05, 0.1) is 13.2 Å². The normalized spacial score (nSPS) is 46.8. The fraction of sp³-hybridized carbons (Fsp3) is 0.929. The third-order valence-corrected chi connectivity index (χ3v) is 4.35. The first-order chi connectivity index (χ1) is 12.2. The van der Waals surface area contributed by atoms with Gasteiger partial charge in [-0.05, 0) is 0 Å². The molecule has 0 aromatic heterocycles. The molecule has 2 saturated heterocycles. The number of aliphatic hydroxyl groups excluding tert-OH is 6. The topological polar surface area (TPSA) is 178 Å². The fourth-order valence-corrected chi connectivity index (χ4v) is 2.94. The highest BCUT2D eigenvalue weighted by atomic mass is 19.1. The molecule has 0 radical (unpaired) electrons. The minimum atomic E-state index is -2.12. The number of nitrogens with one attached hydrogen (secondary N) is 1. The number of amides is 1. The van der Waals surface area contributed by atoms with Crippen LogP contribution < -0.4 is 5.32 Å². The van der Waals surface area contributed by atoms with Gasteiger partial charge in [-0.15, -0.1) is 0 Å². The van der Waals surface area contributed by atoms with Crippen molar-refractivity contribution in [1.29, 1.82) is 0 Å². The lowest BCUT2D eigenvalue weighted by atomic mass is 9.96. The van der Waals surface area contributed by atoms with Gasteiger partial charge in [0.15, 0.2) is 6.29 Å². The molecule has 12 heteroatoms. The minimum absolute atomic E-state index is 0.644. The molecule has 0 aromatic rings. The second-order valence-corrected chi connectivity index (χ2v) is 6.22. The molecule has 1 amide bonds. The molecule has 7 N–H and O–H groups in total. The Morgan fingerprint density at radius 2 is 1.62 bits per heavy atom. The molecule has 152 valence electrons. The smallest absolute Gasteiger partial charge is 0.222 e. The van der Waals surface area contributed by atoms with Crippen molar-refractivity contribution < 1.29 is 54.0 Å². The van der Waals surface area contributed by atoms with Crippen LogP contribution in [-0.4, -0.2) is 111 Å². The molecule has 2 heterocycles. The quantitative estimate of drug-likeness (QED) is 0.245. The number of rotatable bonds is 5. The van der Waals surface area contributed by atoms with Crippen molar-refractivity contribution >= 4 is 5.91 Å². The van der Waals surface area contributed by atoms with Crippen LogP contribution in [0.4, 0.5) is 4.39 Å². The predicted octanol–water partition coefficient (Wildman–Crippen LogP) is -4.28. The van der Waals surface area contributed by atoms with Gasteiger partial charge >= 0.3 is 0 Å². The molecule has 2 rings (SSSR count). The zero-order valence-corrected chi connectivity index (χ0v) is 13.9. The Bertz CT molecular complexity index is 483. The Balaban J connectivity index is 2.16. The van der Waals surface area contributed by atoms with Crippen molar-refractivity contribution in [3.8, 4) is 0 Å². The maximum Gasteiger partial charge on any atom is 0.222 e. The predicted molar refractivity (Wildman–Crippen MR) is 79.1 cm³/mol. The molecule has 2 aliphatic heterocycles. The van der Waals surface area contributed by atoms with Crippen molar-refractivity contribution in [1.82, 2.24) is 5.32 Å². The summed E-state index contributed by atoms with van der Waals surface area (Å²) >= 11 is 0. The van der Waals surface area contributed by atoms with Crippen LogP contribution in [0.1, 0.15) is 6.92 Å². The van der Waals surface area contributed by atoms with Gasteiger partial charge in [-0.25, -0.2) is 4.39 Å². The van der Waals surface area contributed by atoms with Crippen LogP contribution in [0, 0.1) is 0 Å². The molecule has 0 aromatic carbocycles. The fourth-order valence-electron chi connectivity index (χ4n) is 2.94. The number of alkyl halides is 1. The summed E-state index contributed by atoms with van der Waals surface area (Å²) in [6.45, 7) is -0.351. The van der Waals surface area contributed by atoms with E-state index in [0.29, 0.717) is 0 Å². The van der Waals surface area contributed by atoms with Crippen LogP contribution in [-0.2, 0) is 19.0 Å². The zero-order valence-electron chi connectivity index (χ0n) is 13.9.